The van der Waals surface area contributed by atoms with Crippen LogP contribution in [0.3, 0.4) is 0 Å². The van der Waals surface area contributed by atoms with E-state index in [2.05, 4.69) is 5.32 Å². The zero-order valence-electron chi connectivity index (χ0n) is 11.2. The van der Waals surface area contributed by atoms with E-state index < -0.39 is 5.91 Å². The zero-order valence-corrected chi connectivity index (χ0v) is 11.2. The molecule has 8 nitrogen and oxygen atoms in total. The summed E-state index contributed by atoms with van der Waals surface area (Å²) < 4.78 is 21.6. The van der Waals surface area contributed by atoms with Gasteiger partial charge in [-0.25, -0.2) is 0 Å². The minimum Gasteiger partial charge on any atom is -0.459 e. The quantitative estimate of drug-likeness (QED) is 0.724. The number of amides is 2. The molecule has 2 aliphatic rings. The molecular formula is C13H16N2O6. The summed E-state index contributed by atoms with van der Waals surface area (Å²) in [6.45, 7) is 0.442. The van der Waals surface area contributed by atoms with Crippen molar-refractivity contribution in [2.75, 3.05) is 19.8 Å². The van der Waals surface area contributed by atoms with Crippen LogP contribution in [0.5, 0.6) is 0 Å². The van der Waals surface area contributed by atoms with Gasteiger partial charge in [-0.15, -0.1) is 0 Å². The topological polar surface area (TPSA) is 113 Å². The van der Waals surface area contributed by atoms with Crippen LogP contribution in [-0.4, -0.2) is 56.0 Å². The molecule has 0 bridgehead atoms. The molecule has 3 heterocycles. The number of hydrogen-bond acceptors (Lipinski definition) is 6. The van der Waals surface area contributed by atoms with E-state index in [9.17, 15) is 9.59 Å². The Hall–Kier alpha value is -1.90. The van der Waals surface area contributed by atoms with E-state index in [0.717, 1.165) is 0 Å². The Morgan fingerprint density at radius 3 is 2.86 bits per heavy atom. The van der Waals surface area contributed by atoms with Crippen LogP contribution >= 0.6 is 0 Å². The molecule has 2 fully saturated rings. The fourth-order valence-corrected chi connectivity index (χ4v) is 2.57. The third kappa shape index (κ3) is 2.92. The molecule has 1 aromatic rings. The first kappa shape index (κ1) is 14.1. The molecule has 1 aromatic heterocycles. The molecule has 3 rings (SSSR count). The van der Waals surface area contributed by atoms with Gasteiger partial charge in [0.25, 0.3) is 5.91 Å². The van der Waals surface area contributed by atoms with Crippen molar-refractivity contribution in [2.24, 2.45) is 5.73 Å². The fraction of sp³-hybridized carbons (Fsp3) is 0.538. The van der Waals surface area contributed by atoms with Crippen LogP contribution < -0.4 is 11.1 Å². The Labute approximate surface area is 120 Å². The Balaban J connectivity index is 1.56. The monoisotopic (exact) mass is 296 g/mol. The lowest BCUT2D eigenvalue weighted by atomic mass is 10.1. The van der Waals surface area contributed by atoms with Gasteiger partial charge in [-0.05, 0) is 12.1 Å². The second-order valence-corrected chi connectivity index (χ2v) is 4.97. The lowest BCUT2D eigenvalue weighted by Gasteiger charge is -2.17. The smallest absolute Gasteiger partial charge is 0.287 e. The molecular weight excluding hydrogens is 280 g/mol. The van der Waals surface area contributed by atoms with E-state index >= 15 is 0 Å². The number of carbonyl (C=O) groups excluding carboxylic acids is 2. The van der Waals surface area contributed by atoms with Crippen molar-refractivity contribution in [3.05, 3.63) is 24.2 Å². The van der Waals surface area contributed by atoms with Crippen molar-refractivity contribution in [1.82, 2.24) is 5.32 Å². The minimum absolute atomic E-state index is 0.177. The summed E-state index contributed by atoms with van der Waals surface area (Å²) >= 11 is 0. The first-order valence-electron chi connectivity index (χ1n) is 6.62. The summed E-state index contributed by atoms with van der Waals surface area (Å²) in [5.41, 5.74) is 5.04. The predicted octanol–water partition coefficient (Wildman–Crippen LogP) is -0.954. The van der Waals surface area contributed by atoms with Crippen molar-refractivity contribution in [2.45, 2.75) is 24.4 Å². The number of hydrogen-bond donors (Lipinski definition) is 2. The highest BCUT2D eigenvalue weighted by Gasteiger charge is 2.49. The van der Waals surface area contributed by atoms with Gasteiger partial charge in [-0.3, -0.25) is 9.59 Å². The molecule has 114 valence electrons. The van der Waals surface area contributed by atoms with Crippen LogP contribution in [0.15, 0.2) is 22.8 Å². The van der Waals surface area contributed by atoms with Crippen LogP contribution in [0.2, 0.25) is 0 Å². The second-order valence-electron chi connectivity index (χ2n) is 4.97. The van der Waals surface area contributed by atoms with E-state index in [-0.39, 0.29) is 42.6 Å². The van der Waals surface area contributed by atoms with Crippen LogP contribution in [0.25, 0.3) is 0 Å². The highest BCUT2D eigenvalue weighted by molar-refractivity contribution is 5.91. The standard InChI is InChI=1S/C13H16N2O6/c14-10(16)6-19-9-5-21-11-7(4-20-12(9)11)15-13(17)8-2-1-3-18-8/h1-3,7,9,11-12H,4-6H2,(H2,14,16)(H,15,17). The van der Waals surface area contributed by atoms with Crippen LogP contribution in [-0.2, 0) is 19.0 Å². The van der Waals surface area contributed by atoms with Crippen molar-refractivity contribution >= 4 is 11.8 Å². The summed E-state index contributed by atoms with van der Waals surface area (Å²) in [4.78, 5) is 22.7. The summed E-state index contributed by atoms with van der Waals surface area (Å²) in [6, 6.07) is 2.94. The van der Waals surface area contributed by atoms with Crippen LogP contribution in [0, 0.1) is 0 Å². The molecule has 3 N–H and O–H groups in total. The minimum atomic E-state index is -0.542. The lowest BCUT2D eigenvalue weighted by molar-refractivity contribution is -0.126. The second kappa shape index (κ2) is 5.84. The van der Waals surface area contributed by atoms with E-state index in [1.807, 2.05) is 0 Å². The van der Waals surface area contributed by atoms with E-state index in [4.69, 9.17) is 24.4 Å². The molecule has 0 aromatic carbocycles. The molecule has 21 heavy (non-hydrogen) atoms. The van der Waals surface area contributed by atoms with Crippen LogP contribution in [0.4, 0.5) is 0 Å². The molecule has 4 unspecified atom stereocenters. The number of carbonyl (C=O) groups is 2. The van der Waals surface area contributed by atoms with Crippen LogP contribution in [0.1, 0.15) is 10.6 Å². The number of nitrogens with one attached hydrogen (secondary N) is 1. The first-order valence-corrected chi connectivity index (χ1v) is 6.62. The SMILES string of the molecule is NC(=O)COC1COC2C(NC(=O)c3ccco3)COC12. The number of rotatable bonds is 5. The van der Waals surface area contributed by atoms with Crippen molar-refractivity contribution in [3.8, 4) is 0 Å². The lowest BCUT2D eigenvalue weighted by Crippen LogP contribution is -2.44. The van der Waals surface area contributed by atoms with Crippen molar-refractivity contribution in [1.29, 1.82) is 0 Å². The number of furan rings is 1. The van der Waals surface area contributed by atoms with Gasteiger partial charge in [0.15, 0.2) is 5.76 Å². The van der Waals surface area contributed by atoms with Gasteiger partial charge >= 0.3 is 0 Å². The van der Waals surface area contributed by atoms with Gasteiger partial charge in [0.2, 0.25) is 5.91 Å². The predicted molar refractivity (Wildman–Crippen MR) is 68.4 cm³/mol. The number of ether oxygens (including phenoxy) is 3. The molecule has 2 saturated heterocycles. The van der Waals surface area contributed by atoms with Gasteiger partial charge in [0.1, 0.15) is 24.9 Å². The molecule has 0 saturated carbocycles. The zero-order chi connectivity index (χ0) is 14.8. The molecule has 2 amide bonds. The molecule has 2 aliphatic heterocycles. The third-order valence-electron chi connectivity index (χ3n) is 3.51. The summed E-state index contributed by atoms with van der Waals surface area (Å²) in [5.74, 6) is -0.628. The van der Waals surface area contributed by atoms with Gasteiger partial charge in [0.05, 0.1) is 25.5 Å². The summed E-state index contributed by atoms with van der Waals surface area (Å²) in [5, 5.41) is 2.81. The Bertz CT molecular complexity index is 517. The largest absolute Gasteiger partial charge is 0.459 e. The highest BCUT2D eigenvalue weighted by atomic mass is 16.6. The fourth-order valence-electron chi connectivity index (χ4n) is 2.57. The van der Waals surface area contributed by atoms with Crippen molar-refractivity contribution in [3.63, 3.8) is 0 Å². The van der Waals surface area contributed by atoms with Gasteiger partial charge < -0.3 is 29.7 Å². The molecule has 0 spiro atoms. The highest BCUT2D eigenvalue weighted by Crippen LogP contribution is 2.29. The van der Waals surface area contributed by atoms with Crippen molar-refractivity contribution < 1.29 is 28.2 Å². The Morgan fingerprint density at radius 2 is 2.14 bits per heavy atom. The van der Waals surface area contributed by atoms with Gasteiger partial charge in [-0.1, -0.05) is 0 Å². The third-order valence-corrected chi connectivity index (χ3v) is 3.51. The number of fused-ring (bicyclic) bond motifs is 1. The van der Waals surface area contributed by atoms with E-state index in [1.165, 1.54) is 6.26 Å². The summed E-state index contributed by atoms with van der Waals surface area (Å²) in [6.07, 6.45) is 0.462. The Morgan fingerprint density at radius 1 is 1.33 bits per heavy atom. The average molecular weight is 296 g/mol. The molecule has 0 aliphatic carbocycles. The molecule has 0 radical (unpaired) electrons. The maximum atomic E-state index is 11.9. The van der Waals surface area contributed by atoms with Gasteiger partial charge in [-0.2, -0.15) is 0 Å². The number of nitrogens with two attached hydrogens (primary N) is 1. The maximum absolute atomic E-state index is 11.9. The first-order chi connectivity index (χ1) is 10.1. The summed E-state index contributed by atoms with van der Waals surface area (Å²) in [7, 11) is 0. The maximum Gasteiger partial charge on any atom is 0.287 e. The van der Waals surface area contributed by atoms with E-state index in [0.29, 0.717) is 13.2 Å². The van der Waals surface area contributed by atoms with Gasteiger partial charge in [0, 0.05) is 0 Å². The Kier molecular flexibility index (Phi) is 3.91. The normalized spacial score (nSPS) is 31.0. The molecule has 4 atom stereocenters. The van der Waals surface area contributed by atoms with E-state index in [1.54, 1.807) is 12.1 Å². The average Bonchev–Trinajstić information content (AvgIpc) is 3.15. The molecule has 8 heteroatoms. The number of primary amides is 1.